The van der Waals surface area contributed by atoms with Crippen LogP contribution in [0.25, 0.3) is 11.0 Å². The lowest BCUT2D eigenvalue weighted by Crippen LogP contribution is -2.27. The maximum Gasteiger partial charge on any atom is 0.216 e. The predicted molar refractivity (Wildman–Crippen MR) is 82.1 cm³/mol. The van der Waals surface area contributed by atoms with Crippen molar-refractivity contribution in [3.05, 3.63) is 45.8 Å². The van der Waals surface area contributed by atoms with Gasteiger partial charge in [-0.15, -0.1) is 0 Å². The van der Waals surface area contributed by atoms with Crippen LogP contribution >= 0.6 is 0 Å². The molecule has 0 saturated heterocycles. The first kappa shape index (κ1) is 16.9. The van der Waals surface area contributed by atoms with Crippen molar-refractivity contribution in [1.82, 2.24) is 5.32 Å². The fourth-order valence-corrected chi connectivity index (χ4v) is 2.21. The van der Waals surface area contributed by atoms with Crippen LogP contribution in [-0.2, 0) is 4.79 Å². The summed E-state index contributed by atoms with van der Waals surface area (Å²) in [5.41, 5.74) is -0.00848. The molecule has 0 aliphatic carbocycles. The fourth-order valence-electron chi connectivity index (χ4n) is 2.21. The number of aldehydes is 1. The zero-order chi connectivity index (χ0) is 17.0. The normalized spacial score (nSPS) is 13.5. The van der Waals surface area contributed by atoms with Gasteiger partial charge in [-0.3, -0.25) is 14.4 Å². The van der Waals surface area contributed by atoms with Gasteiger partial charge in [0, 0.05) is 13.5 Å². The molecule has 2 aromatic rings. The molecule has 122 valence electrons. The van der Waals surface area contributed by atoms with Gasteiger partial charge in [-0.2, -0.15) is 0 Å². The van der Waals surface area contributed by atoms with Crippen molar-refractivity contribution >= 4 is 23.2 Å². The Labute approximate surface area is 131 Å². The van der Waals surface area contributed by atoms with Crippen LogP contribution in [-0.4, -0.2) is 35.1 Å². The average Bonchev–Trinajstić information content (AvgIpc) is 2.54. The number of carbonyl (C=O) groups is 2. The number of nitrogens with one attached hydrogen (secondary N) is 1. The lowest BCUT2D eigenvalue weighted by atomic mass is 10.00. The Morgan fingerprint density at radius 2 is 2.13 bits per heavy atom. The number of carbonyl (C=O) groups excluding carboxylic acids is 2. The quantitative estimate of drug-likeness (QED) is 0.669. The first-order chi connectivity index (χ1) is 10.9. The van der Waals surface area contributed by atoms with Crippen molar-refractivity contribution in [3.63, 3.8) is 0 Å². The maximum atomic E-state index is 12.1. The Balaban J connectivity index is 2.25. The molecule has 23 heavy (non-hydrogen) atoms. The number of aliphatic hydroxyl groups is 2. The molecule has 2 atom stereocenters. The summed E-state index contributed by atoms with van der Waals surface area (Å²) in [7, 11) is 0. The molecule has 0 aliphatic rings. The van der Waals surface area contributed by atoms with Gasteiger partial charge in [-0.25, -0.2) is 0 Å². The summed E-state index contributed by atoms with van der Waals surface area (Å²) >= 11 is 0. The topological polar surface area (TPSA) is 117 Å². The summed E-state index contributed by atoms with van der Waals surface area (Å²) in [6.45, 7) is 1.58. The van der Waals surface area contributed by atoms with Crippen molar-refractivity contribution in [3.8, 4) is 0 Å². The Kier molecular flexibility index (Phi) is 5.25. The zero-order valence-electron chi connectivity index (χ0n) is 12.5. The van der Waals surface area contributed by atoms with E-state index < -0.39 is 17.6 Å². The van der Waals surface area contributed by atoms with Crippen LogP contribution in [0.2, 0.25) is 0 Å². The lowest BCUT2D eigenvalue weighted by molar-refractivity contribution is -0.119. The van der Waals surface area contributed by atoms with E-state index in [2.05, 4.69) is 5.32 Å². The van der Waals surface area contributed by atoms with Crippen LogP contribution in [0.3, 0.4) is 0 Å². The highest BCUT2D eigenvalue weighted by atomic mass is 16.3. The Hall–Kier alpha value is -2.51. The van der Waals surface area contributed by atoms with Crippen molar-refractivity contribution in [1.29, 1.82) is 0 Å². The molecular weight excluding hydrogens is 302 g/mol. The highest BCUT2D eigenvalue weighted by Crippen LogP contribution is 2.22. The van der Waals surface area contributed by atoms with E-state index in [0.29, 0.717) is 11.8 Å². The molecule has 2 rings (SSSR count). The molecule has 1 heterocycles. The molecule has 1 aromatic heterocycles. The second kappa shape index (κ2) is 7.17. The third-order valence-corrected chi connectivity index (χ3v) is 3.47. The van der Waals surface area contributed by atoms with Gasteiger partial charge in [0.2, 0.25) is 11.3 Å². The number of hydrogen-bond donors (Lipinski definition) is 3. The molecular formula is C16H17NO6. The molecule has 2 unspecified atom stereocenters. The van der Waals surface area contributed by atoms with Crippen molar-refractivity contribution in [2.24, 2.45) is 0 Å². The SMILES string of the molecule is CC(=O)NCCC(O)C(O)c1ccc2occ(C=O)c(=O)c2c1. The Morgan fingerprint density at radius 1 is 1.39 bits per heavy atom. The second-order valence-corrected chi connectivity index (χ2v) is 5.18. The molecule has 3 N–H and O–H groups in total. The van der Waals surface area contributed by atoms with E-state index in [-0.39, 0.29) is 35.4 Å². The van der Waals surface area contributed by atoms with Gasteiger partial charge in [0.15, 0.2) is 6.29 Å². The predicted octanol–water partition coefficient (Wildman–Crippen LogP) is 0.526. The number of benzene rings is 1. The molecule has 1 aromatic carbocycles. The molecule has 7 heteroatoms. The van der Waals surface area contributed by atoms with E-state index in [1.165, 1.54) is 25.1 Å². The minimum atomic E-state index is -1.23. The van der Waals surface area contributed by atoms with Gasteiger partial charge in [0.05, 0.1) is 17.1 Å². The summed E-state index contributed by atoms with van der Waals surface area (Å²) in [6.07, 6.45) is -0.706. The third-order valence-electron chi connectivity index (χ3n) is 3.47. The van der Waals surface area contributed by atoms with Gasteiger partial charge in [-0.1, -0.05) is 6.07 Å². The van der Waals surface area contributed by atoms with Crippen LogP contribution in [0.15, 0.2) is 33.7 Å². The number of hydrogen-bond acceptors (Lipinski definition) is 6. The largest absolute Gasteiger partial charge is 0.463 e. The van der Waals surface area contributed by atoms with Crippen molar-refractivity contribution in [2.45, 2.75) is 25.6 Å². The molecule has 1 amide bonds. The van der Waals surface area contributed by atoms with Gasteiger partial charge < -0.3 is 19.9 Å². The number of fused-ring (bicyclic) bond motifs is 1. The summed E-state index contributed by atoms with van der Waals surface area (Å²) < 4.78 is 5.18. The summed E-state index contributed by atoms with van der Waals surface area (Å²) in [5.74, 6) is -0.226. The van der Waals surface area contributed by atoms with Crippen LogP contribution < -0.4 is 10.7 Å². The third kappa shape index (κ3) is 3.82. The average molecular weight is 319 g/mol. The van der Waals surface area contributed by atoms with Crippen LogP contribution in [0.5, 0.6) is 0 Å². The standard InChI is InChI=1S/C16H17NO6/c1-9(19)17-5-4-13(20)16(22)10-2-3-14-12(6-10)15(21)11(7-18)8-23-14/h2-3,6-8,13,16,20,22H,4-5H2,1H3,(H,17,19). The Bertz CT molecular complexity index is 782. The van der Waals surface area contributed by atoms with Gasteiger partial charge in [0.25, 0.3) is 0 Å². The first-order valence-electron chi connectivity index (χ1n) is 7.05. The first-order valence-corrected chi connectivity index (χ1v) is 7.05. The summed E-state index contributed by atoms with van der Waals surface area (Å²) in [4.78, 5) is 33.6. The molecule has 0 saturated carbocycles. The van der Waals surface area contributed by atoms with Crippen molar-refractivity contribution < 1.29 is 24.2 Å². The highest BCUT2D eigenvalue weighted by molar-refractivity contribution is 5.84. The van der Waals surface area contributed by atoms with Gasteiger partial charge in [-0.05, 0) is 24.1 Å². The number of rotatable bonds is 6. The summed E-state index contributed by atoms with van der Waals surface area (Å²) in [5, 5.41) is 22.8. The van der Waals surface area contributed by atoms with E-state index >= 15 is 0 Å². The van der Waals surface area contributed by atoms with Crippen LogP contribution in [0.4, 0.5) is 0 Å². The molecule has 0 aliphatic heterocycles. The van der Waals surface area contributed by atoms with Crippen LogP contribution in [0, 0.1) is 0 Å². The summed E-state index contributed by atoms with van der Waals surface area (Å²) in [6, 6.07) is 4.41. The smallest absolute Gasteiger partial charge is 0.216 e. The van der Waals surface area contributed by atoms with E-state index in [1.807, 2.05) is 0 Å². The minimum absolute atomic E-state index is 0.115. The van der Waals surface area contributed by atoms with Gasteiger partial charge in [0.1, 0.15) is 18.0 Å². The number of aliphatic hydroxyl groups excluding tert-OH is 2. The lowest BCUT2D eigenvalue weighted by Gasteiger charge is -2.18. The highest BCUT2D eigenvalue weighted by Gasteiger charge is 2.19. The van der Waals surface area contributed by atoms with Crippen LogP contribution in [0.1, 0.15) is 35.4 Å². The van der Waals surface area contributed by atoms with Gasteiger partial charge >= 0.3 is 0 Å². The number of amides is 1. The molecule has 0 radical (unpaired) electrons. The zero-order valence-corrected chi connectivity index (χ0v) is 12.5. The maximum absolute atomic E-state index is 12.1. The molecule has 7 nitrogen and oxygen atoms in total. The molecule has 0 fully saturated rings. The van der Waals surface area contributed by atoms with E-state index in [1.54, 1.807) is 0 Å². The fraction of sp³-hybridized carbons (Fsp3) is 0.312. The monoisotopic (exact) mass is 319 g/mol. The van der Waals surface area contributed by atoms with E-state index in [4.69, 9.17) is 4.42 Å². The van der Waals surface area contributed by atoms with Crippen molar-refractivity contribution in [2.75, 3.05) is 6.54 Å². The molecule has 0 spiro atoms. The Morgan fingerprint density at radius 3 is 2.78 bits per heavy atom. The second-order valence-electron chi connectivity index (χ2n) is 5.18. The molecule has 0 bridgehead atoms. The minimum Gasteiger partial charge on any atom is -0.463 e. The van der Waals surface area contributed by atoms with E-state index in [9.17, 15) is 24.6 Å². The van der Waals surface area contributed by atoms with E-state index in [0.717, 1.165) is 6.26 Å².